The van der Waals surface area contributed by atoms with E-state index >= 15 is 0 Å². The summed E-state index contributed by atoms with van der Waals surface area (Å²) in [5, 5.41) is 0. The molecule has 2 rings (SSSR count). The normalized spacial score (nSPS) is 15.7. The Labute approximate surface area is 113 Å². The highest BCUT2D eigenvalue weighted by atomic mass is 16.2. The maximum Gasteiger partial charge on any atom is 0.229 e. The fourth-order valence-corrected chi connectivity index (χ4v) is 2.19. The molecule has 2 amide bonds. The van der Waals surface area contributed by atoms with Crippen LogP contribution < -0.4 is 0 Å². The third-order valence-corrected chi connectivity index (χ3v) is 3.27. The molecule has 100 valence electrons. The van der Waals surface area contributed by atoms with Gasteiger partial charge in [0.05, 0.1) is 0 Å². The molecule has 0 N–H and O–H groups in total. The Bertz CT molecular complexity index is 449. The van der Waals surface area contributed by atoms with E-state index in [0.29, 0.717) is 19.4 Å². The van der Waals surface area contributed by atoms with E-state index in [1.54, 1.807) is 0 Å². The van der Waals surface area contributed by atoms with E-state index in [1.807, 2.05) is 18.2 Å². The van der Waals surface area contributed by atoms with Crippen LogP contribution in [0.1, 0.15) is 37.7 Å². The highest BCUT2D eigenvalue weighted by Crippen LogP contribution is 2.13. The van der Waals surface area contributed by atoms with Gasteiger partial charge in [0.2, 0.25) is 11.8 Å². The van der Waals surface area contributed by atoms with Crippen LogP contribution in [-0.4, -0.2) is 23.3 Å². The van der Waals surface area contributed by atoms with Crippen molar-refractivity contribution in [3.05, 3.63) is 42.0 Å². The van der Waals surface area contributed by atoms with E-state index < -0.39 is 0 Å². The minimum absolute atomic E-state index is 0.00942. The molecule has 1 aromatic rings. The van der Waals surface area contributed by atoms with Gasteiger partial charge < -0.3 is 0 Å². The van der Waals surface area contributed by atoms with E-state index in [1.165, 1.54) is 10.5 Å². The molecule has 0 aromatic heterocycles. The minimum Gasteiger partial charge on any atom is -0.283 e. The first kappa shape index (κ1) is 13.5. The Balaban J connectivity index is 1.64. The van der Waals surface area contributed by atoms with Gasteiger partial charge in [-0.25, -0.2) is 0 Å². The summed E-state index contributed by atoms with van der Waals surface area (Å²) in [5.41, 5.74) is 1.20. The van der Waals surface area contributed by atoms with Gasteiger partial charge in [-0.3, -0.25) is 14.5 Å². The highest BCUT2D eigenvalue weighted by molar-refractivity contribution is 6.01. The molecule has 3 nitrogen and oxygen atoms in total. The number of rotatable bonds is 6. The molecule has 0 aliphatic carbocycles. The Morgan fingerprint density at radius 1 is 1.00 bits per heavy atom. The predicted octanol–water partition coefficient (Wildman–Crippen LogP) is 3.02. The average Bonchev–Trinajstić information content (AvgIpc) is 2.75. The summed E-state index contributed by atoms with van der Waals surface area (Å²) >= 11 is 0. The zero-order valence-electron chi connectivity index (χ0n) is 11.0. The average molecular weight is 257 g/mol. The second-order valence-corrected chi connectivity index (χ2v) is 4.75. The van der Waals surface area contributed by atoms with Crippen LogP contribution in [0.2, 0.25) is 0 Å². The first-order chi connectivity index (χ1) is 9.27. The molecule has 1 saturated heterocycles. The van der Waals surface area contributed by atoms with Crippen molar-refractivity contribution in [3.63, 3.8) is 0 Å². The van der Waals surface area contributed by atoms with Gasteiger partial charge in [-0.05, 0) is 24.8 Å². The standard InChI is InChI=1S/C16H19NO2/c18-15-11-12-16(19)17(15)13-7-2-1-4-8-14-9-5-3-6-10-14/h3-6,8-10H,1-2,7,11-13H2/b8-4+. The summed E-state index contributed by atoms with van der Waals surface area (Å²) in [4.78, 5) is 24.2. The van der Waals surface area contributed by atoms with Crippen LogP contribution in [0, 0.1) is 0 Å². The number of benzene rings is 1. The van der Waals surface area contributed by atoms with E-state index in [2.05, 4.69) is 24.3 Å². The van der Waals surface area contributed by atoms with Gasteiger partial charge in [0, 0.05) is 19.4 Å². The van der Waals surface area contributed by atoms with Crippen LogP contribution in [-0.2, 0) is 9.59 Å². The van der Waals surface area contributed by atoms with E-state index in [9.17, 15) is 9.59 Å². The van der Waals surface area contributed by atoms with Crippen molar-refractivity contribution >= 4 is 17.9 Å². The van der Waals surface area contributed by atoms with Crippen LogP contribution in [0.4, 0.5) is 0 Å². The van der Waals surface area contributed by atoms with Crippen molar-refractivity contribution in [1.29, 1.82) is 0 Å². The zero-order chi connectivity index (χ0) is 13.5. The molecule has 19 heavy (non-hydrogen) atoms. The Kier molecular flexibility index (Phi) is 4.90. The molecule has 0 unspecified atom stereocenters. The number of hydrogen-bond donors (Lipinski definition) is 0. The van der Waals surface area contributed by atoms with Crippen LogP contribution in [0.3, 0.4) is 0 Å². The molecule has 1 aromatic carbocycles. The molecular formula is C16H19NO2. The predicted molar refractivity (Wildman–Crippen MR) is 75.3 cm³/mol. The van der Waals surface area contributed by atoms with Crippen LogP contribution >= 0.6 is 0 Å². The van der Waals surface area contributed by atoms with E-state index in [4.69, 9.17) is 0 Å². The second kappa shape index (κ2) is 6.88. The van der Waals surface area contributed by atoms with Gasteiger partial charge in [-0.15, -0.1) is 0 Å². The quantitative estimate of drug-likeness (QED) is 0.580. The lowest BCUT2D eigenvalue weighted by atomic mass is 10.1. The van der Waals surface area contributed by atoms with E-state index in [-0.39, 0.29) is 11.8 Å². The molecule has 1 aliphatic rings. The number of amides is 2. The summed E-state index contributed by atoms with van der Waals surface area (Å²) in [6, 6.07) is 10.2. The summed E-state index contributed by atoms with van der Waals surface area (Å²) in [7, 11) is 0. The highest BCUT2D eigenvalue weighted by Gasteiger charge is 2.27. The van der Waals surface area contributed by atoms with Crippen molar-refractivity contribution in [2.75, 3.05) is 6.54 Å². The second-order valence-electron chi connectivity index (χ2n) is 4.75. The van der Waals surface area contributed by atoms with Crippen molar-refractivity contribution < 1.29 is 9.59 Å². The lowest BCUT2D eigenvalue weighted by Crippen LogP contribution is -2.29. The maximum absolute atomic E-state index is 11.4. The third-order valence-electron chi connectivity index (χ3n) is 3.27. The molecule has 0 saturated carbocycles. The van der Waals surface area contributed by atoms with Crippen molar-refractivity contribution in [1.82, 2.24) is 4.90 Å². The SMILES string of the molecule is O=C1CCC(=O)N1CCCC/C=C/c1ccccc1. The largest absolute Gasteiger partial charge is 0.283 e. The molecule has 0 radical (unpaired) electrons. The molecule has 1 aliphatic heterocycles. The Hall–Kier alpha value is -1.90. The molecule has 3 heteroatoms. The van der Waals surface area contributed by atoms with Crippen molar-refractivity contribution in [3.8, 4) is 0 Å². The first-order valence-electron chi connectivity index (χ1n) is 6.82. The lowest BCUT2D eigenvalue weighted by molar-refractivity contribution is -0.138. The van der Waals surface area contributed by atoms with Gasteiger partial charge in [0.1, 0.15) is 0 Å². The van der Waals surface area contributed by atoms with Crippen LogP contribution in [0.15, 0.2) is 36.4 Å². The van der Waals surface area contributed by atoms with Crippen LogP contribution in [0.5, 0.6) is 0 Å². The summed E-state index contributed by atoms with van der Waals surface area (Å²) in [5.74, 6) is -0.0188. The molecule has 1 heterocycles. The van der Waals surface area contributed by atoms with Gasteiger partial charge in [-0.2, -0.15) is 0 Å². The topological polar surface area (TPSA) is 37.4 Å². The molecule has 1 fully saturated rings. The number of unbranched alkanes of at least 4 members (excludes halogenated alkanes) is 2. The number of nitrogens with zero attached hydrogens (tertiary/aromatic N) is 1. The summed E-state index contributed by atoms with van der Waals surface area (Å²) in [6.45, 7) is 0.580. The van der Waals surface area contributed by atoms with Crippen molar-refractivity contribution in [2.24, 2.45) is 0 Å². The Morgan fingerprint density at radius 2 is 1.68 bits per heavy atom. The number of carbonyl (C=O) groups is 2. The number of allylic oxidation sites excluding steroid dienone is 1. The molecular weight excluding hydrogens is 238 g/mol. The minimum atomic E-state index is -0.00942. The lowest BCUT2D eigenvalue weighted by Gasteiger charge is -2.12. The monoisotopic (exact) mass is 257 g/mol. The molecule has 0 atom stereocenters. The molecule has 0 spiro atoms. The summed E-state index contributed by atoms with van der Waals surface area (Å²) < 4.78 is 0. The smallest absolute Gasteiger partial charge is 0.229 e. The number of hydrogen-bond acceptors (Lipinski definition) is 2. The zero-order valence-corrected chi connectivity index (χ0v) is 11.0. The maximum atomic E-state index is 11.4. The number of carbonyl (C=O) groups excluding carboxylic acids is 2. The fourth-order valence-electron chi connectivity index (χ4n) is 2.19. The third kappa shape index (κ3) is 4.05. The fraction of sp³-hybridized carbons (Fsp3) is 0.375. The number of imide groups is 1. The van der Waals surface area contributed by atoms with E-state index in [0.717, 1.165) is 19.3 Å². The van der Waals surface area contributed by atoms with Gasteiger partial charge in [-0.1, -0.05) is 42.5 Å². The van der Waals surface area contributed by atoms with Gasteiger partial charge in [0.25, 0.3) is 0 Å². The van der Waals surface area contributed by atoms with Crippen molar-refractivity contribution in [2.45, 2.75) is 32.1 Å². The summed E-state index contributed by atoms with van der Waals surface area (Å²) in [6.07, 6.45) is 7.90. The molecule has 0 bridgehead atoms. The van der Waals surface area contributed by atoms with Crippen LogP contribution in [0.25, 0.3) is 6.08 Å². The van der Waals surface area contributed by atoms with Gasteiger partial charge >= 0.3 is 0 Å². The van der Waals surface area contributed by atoms with Gasteiger partial charge in [0.15, 0.2) is 0 Å². The first-order valence-corrected chi connectivity index (χ1v) is 6.82. The Morgan fingerprint density at radius 3 is 2.37 bits per heavy atom. The number of likely N-dealkylation sites (tertiary alicyclic amines) is 1.